The maximum absolute atomic E-state index is 12.2. The molecular weight excluding hydrogens is 358 g/mol. The van der Waals surface area contributed by atoms with Crippen molar-refractivity contribution in [1.82, 2.24) is 5.32 Å². The predicted molar refractivity (Wildman–Crippen MR) is 101 cm³/mol. The molecule has 126 valence electrons. The number of nitrogens with one attached hydrogen (secondary N) is 1. The molecule has 7 heteroatoms. The van der Waals surface area contributed by atoms with Gasteiger partial charge < -0.3 is 5.32 Å². The Morgan fingerprint density at radius 2 is 1.88 bits per heavy atom. The number of carbonyl (C=O) groups is 2. The van der Waals surface area contributed by atoms with E-state index in [1.165, 1.54) is 11.8 Å². The Morgan fingerprint density at radius 3 is 2.60 bits per heavy atom. The number of amides is 1. The van der Waals surface area contributed by atoms with Crippen molar-refractivity contribution < 1.29 is 9.59 Å². The highest BCUT2D eigenvalue weighted by Crippen LogP contribution is 2.24. The molecule has 1 aliphatic heterocycles. The smallest absolute Gasteiger partial charge is 0.240 e. The first-order valence-electron chi connectivity index (χ1n) is 7.54. The fourth-order valence-electron chi connectivity index (χ4n) is 2.19. The lowest BCUT2D eigenvalue weighted by atomic mass is 10.1. The number of halogens is 1. The van der Waals surface area contributed by atoms with E-state index in [1.54, 1.807) is 42.6 Å². The lowest BCUT2D eigenvalue weighted by molar-refractivity contribution is -0.118. The van der Waals surface area contributed by atoms with Gasteiger partial charge in [-0.1, -0.05) is 65.8 Å². The van der Waals surface area contributed by atoms with Gasteiger partial charge in [0.2, 0.25) is 5.91 Å². The van der Waals surface area contributed by atoms with Gasteiger partial charge in [0.05, 0.1) is 11.5 Å². The first-order valence-corrected chi connectivity index (χ1v) is 8.80. The van der Waals surface area contributed by atoms with Gasteiger partial charge in [-0.3, -0.25) is 9.59 Å². The zero-order valence-electron chi connectivity index (χ0n) is 13.1. The summed E-state index contributed by atoms with van der Waals surface area (Å²) in [6, 6.07) is 16.1. The molecule has 0 unspecified atom stereocenters. The van der Waals surface area contributed by atoms with Crippen molar-refractivity contribution in [1.29, 1.82) is 0 Å². The lowest BCUT2D eigenvalue weighted by Crippen LogP contribution is -2.26. The summed E-state index contributed by atoms with van der Waals surface area (Å²) in [5.74, 6) is -0.297. The second kappa shape index (κ2) is 8.09. The van der Waals surface area contributed by atoms with Gasteiger partial charge in [0.25, 0.3) is 0 Å². The molecule has 2 aromatic rings. The van der Waals surface area contributed by atoms with E-state index in [0.29, 0.717) is 15.8 Å². The zero-order chi connectivity index (χ0) is 17.6. The molecule has 0 aliphatic carbocycles. The summed E-state index contributed by atoms with van der Waals surface area (Å²) in [5, 5.41) is 11.1. The molecular formula is C18H14ClN3O2S. The molecule has 0 spiro atoms. The van der Waals surface area contributed by atoms with Gasteiger partial charge in [-0.15, -0.1) is 5.10 Å². The second-order valence-electron chi connectivity index (χ2n) is 5.29. The minimum Gasteiger partial charge on any atom is -0.303 e. The lowest BCUT2D eigenvalue weighted by Gasteiger charge is -2.04. The van der Waals surface area contributed by atoms with Gasteiger partial charge in [0.15, 0.2) is 11.0 Å². The van der Waals surface area contributed by atoms with Crippen molar-refractivity contribution in [3.8, 4) is 0 Å². The van der Waals surface area contributed by atoms with E-state index >= 15 is 0 Å². The van der Waals surface area contributed by atoms with E-state index in [1.807, 2.05) is 18.2 Å². The van der Waals surface area contributed by atoms with Crippen LogP contribution in [0.2, 0.25) is 5.02 Å². The molecule has 0 radical (unpaired) electrons. The summed E-state index contributed by atoms with van der Waals surface area (Å²) in [7, 11) is 0. The van der Waals surface area contributed by atoms with Crippen LogP contribution in [0.15, 0.2) is 64.8 Å². The molecule has 1 aliphatic rings. The number of nitrogens with zero attached hydrogens (tertiary/aromatic N) is 2. The quantitative estimate of drug-likeness (QED) is 0.496. The molecule has 1 amide bonds. The van der Waals surface area contributed by atoms with Crippen LogP contribution in [0.5, 0.6) is 0 Å². The third-order valence-electron chi connectivity index (χ3n) is 3.47. The van der Waals surface area contributed by atoms with E-state index in [-0.39, 0.29) is 18.1 Å². The Labute approximate surface area is 154 Å². The van der Waals surface area contributed by atoms with E-state index in [4.69, 9.17) is 11.6 Å². The van der Waals surface area contributed by atoms with Gasteiger partial charge in [0.1, 0.15) is 0 Å². The first kappa shape index (κ1) is 17.4. The highest BCUT2D eigenvalue weighted by Gasteiger charge is 2.32. The summed E-state index contributed by atoms with van der Waals surface area (Å²) >= 11 is 7.03. The molecule has 0 bridgehead atoms. The van der Waals surface area contributed by atoms with Crippen LogP contribution in [0.4, 0.5) is 0 Å². The van der Waals surface area contributed by atoms with Crippen LogP contribution in [0.3, 0.4) is 0 Å². The Kier molecular flexibility index (Phi) is 5.63. The topological polar surface area (TPSA) is 70.9 Å². The molecule has 0 aromatic heterocycles. The van der Waals surface area contributed by atoms with E-state index in [0.717, 1.165) is 5.56 Å². The molecule has 1 saturated heterocycles. The van der Waals surface area contributed by atoms with Crippen molar-refractivity contribution >= 4 is 46.4 Å². The van der Waals surface area contributed by atoms with Crippen LogP contribution < -0.4 is 5.32 Å². The van der Waals surface area contributed by atoms with Crippen LogP contribution in [-0.2, 0) is 4.79 Å². The Hall–Kier alpha value is -2.44. The second-order valence-corrected chi connectivity index (χ2v) is 6.92. The summed E-state index contributed by atoms with van der Waals surface area (Å²) in [5.41, 5.74) is 1.45. The van der Waals surface area contributed by atoms with Gasteiger partial charge >= 0.3 is 0 Å². The highest BCUT2D eigenvalue weighted by molar-refractivity contribution is 8.15. The minimum atomic E-state index is -0.489. The van der Waals surface area contributed by atoms with Gasteiger partial charge in [-0.2, -0.15) is 5.10 Å². The molecule has 1 heterocycles. The molecule has 2 aromatic carbocycles. The summed E-state index contributed by atoms with van der Waals surface area (Å²) < 4.78 is 0. The Balaban J connectivity index is 1.60. The van der Waals surface area contributed by atoms with Crippen molar-refractivity contribution in [3.05, 3.63) is 70.7 Å². The average molecular weight is 372 g/mol. The third kappa shape index (κ3) is 4.78. The van der Waals surface area contributed by atoms with Gasteiger partial charge in [-0.05, 0) is 17.7 Å². The van der Waals surface area contributed by atoms with Crippen LogP contribution >= 0.6 is 23.4 Å². The highest BCUT2D eigenvalue weighted by atomic mass is 35.5. The molecule has 1 N–H and O–H groups in total. The largest absolute Gasteiger partial charge is 0.303 e. The Morgan fingerprint density at radius 1 is 1.16 bits per heavy atom. The van der Waals surface area contributed by atoms with Gasteiger partial charge in [-0.25, -0.2) is 0 Å². The molecule has 1 fully saturated rings. The SMILES string of the molecule is O=C(C[C@H]1S/C(=N/N=C\c2ccc(Cl)cc2)NC1=O)c1ccccc1. The number of amidine groups is 1. The van der Waals surface area contributed by atoms with Crippen LogP contribution in [0, 0.1) is 0 Å². The monoisotopic (exact) mass is 371 g/mol. The predicted octanol–water partition coefficient (Wildman–Crippen LogP) is 3.53. The number of carbonyl (C=O) groups excluding carboxylic acids is 2. The summed E-state index contributed by atoms with van der Waals surface area (Å²) in [6.45, 7) is 0. The fraction of sp³-hybridized carbons (Fsp3) is 0.111. The summed E-state index contributed by atoms with van der Waals surface area (Å²) in [4.78, 5) is 24.2. The molecule has 25 heavy (non-hydrogen) atoms. The van der Waals surface area contributed by atoms with Gasteiger partial charge in [0, 0.05) is 17.0 Å². The van der Waals surface area contributed by atoms with Crippen molar-refractivity contribution in [2.45, 2.75) is 11.7 Å². The number of benzene rings is 2. The number of Topliss-reactive ketones (excluding diaryl/α,β-unsaturated/α-hetero) is 1. The van der Waals surface area contributed by atoms with Crippen molar-refractivity contribution in [2.75, 3.05) is 0 Å². The average Bonchev–Trinajstić information content (AvgIpc) is 2.97. The van der Waals surface area contributed by atoms with E-state index in [2.05, 4.69) is 15.5 Å². The minimum absolute atomic E-state index is 0.0702. The first-order chi connectivity index (χ1) is 12.1. The van der Waals surface area contributed by atoms with E-state index < -0.39 is 5.25 Å². The van der Waals surface area contributed by atoms with Crippen LogP contribution in [0.25, 0.3) is 0 Å². The van der Waals surface area contributed by atoms with Crippen molar-refractivity contribution in [3.63, 3.8) is 0 Å². The maximum atomic E-state index is 12.2. The van der Waals surface area contributed by atoms with Crippen molar-refractivity contribution in [2.24, 2.45) is 10.2 Å². The van der Waals surface area contributed by atoms with Crippen LogP contribution in [-0.4, -0.2) is 28.3 Å². The molecule has 3 rings (SSSR count). The number of hydrogen-bond acceptors (Lipinski definition) is 5. The number of hydrogen-bond donors (Lipinski definition) is 1. The normalized spacial score (nSPS) is 18.7. The van der Waals surface area contributed by atoms with E-state index in [9.17, 15) is 9.59 Å². The molecule has 5 nitrogen and oxygen atoms in total. The fourth-order valence-corrected chi connectivity index (χ4v) is 3.24. The summed E-state index contributed by atoms with van der Waals surface area (Å²) in [6.07, 6.45) is 1.69. The number of thioether (sulfide) groups is 1. The Bertz CT molecular complexity index is 835. The molecule has 0 saturated carbocycles. The number of rotatable bonds is 5. The third-order valence-corrected chi connectivity index (χ3v) is 4.79. The zero-order valence-corrected chi connectivity index (χ0v) is 14.6. The number of ketones is 1. The van der Waals surface area contributed by atoms with Crippen LogP contribution in [0.1, 0.15) is 22.3 Å². The maximum Gasteiger partial charge on any atom is 0.240 e. The molecule has 1 atom stereocenters. The standard InChI is InChI=1S/C18H14ClN3O2S/c19-14-8-6-12(7-9-14)11-20-22-18-21-17(24)16(25-18)10-15(23)13-4-2-1-3-5-13/h1-9,11,16H,10H2,(H,21,22,24)/b20-11-/t16-/m1/s1.